The molecule has 0 aliphatic rings. The van der Waals surface area contributed by atoms with Crippen LogP contribution in [0.5, 0.6) is 5.75 Å². The molecule has 0 aliphatic heterocycles. The van der Waals surface area contributed by atoms with E-state index in [0.29, 0.717) is 0 Å². The molecule has 0 radical (unpaired) electrons. The summed E-state index contributed by atoms with van der Waals surface area (Å²) < 4.78 is 5.53. The molecule has 0 heterocycles. The number of rotatable bonds is 3. The van der Waals surface area contributed by atoms with E-state index in [1.54, 1.807) is 7.11 Å². The van der Waals surface area contributed by atoms with Crippen molar-refractivity contribution in [1.29, 1.82) is 0 Å². The van der Waals surface area contributed by atoms with Crippen LogP contribution in [0.2, 0.25) is 0 Å². The minimum absolute atomic E-state index is 0.0873. The molecule has 1 unspecified atom stereocenters. The maximum absolute atomic E-state index is 5.87. The average Bonchev–Trinajstić information content (AvgIpc) is 2.14. The van der Waals surface area contributed by atoms with Crippen LogP contribution in [0.1, 0.15) is 44.4 Å². The van der Waals surface area contributed by atoms with Crippen LogP contribution >= 0.6 is 0 Å². The zero-order valence-electron chi connectivity index (χ0n) is 11.9. The van der Waals surface area contributed by atoms with Gasteiger partial charge in [-0.1, -0.05) is 32.9 Å². The van der Waals surface area contributed by atoms with Gasteiger partial charge in [-0.25, -0.2) is 0 Å². The summed E-state index contributed by atoms with van der Waals surface area (Å²) in [6.45, 7) is 10.8. The molecule has 2 nitrogen and oxygen atoms in total. The molecule has 0 saturated carbocycles. The molecule has 0 bridgehead atoms. The van der Waals surface area contributed by atoms with E-state index in [-0.39, 0.29) is 11.5 Å². The van der Waals surface area contributed by atoms with Crippen molar-refractivity contribution in [3.8, 4) is 5.75 Å². The Hall–Kier alpha value is -1.02. The van der Waals surface area contributed by atoms with Crippen LogP contribution in [0.15, 0.2) is 12.1 Å². The quantitative estimate of drug-likeness (QED) is 0.873. The Kier molecular flexibility index (Phi) is 4.21. The van der Waals surface area contributed by atoms with Crippen LogP contribution in [0.3, 0.4) is 0 Å². The topological polar surface area (TPSA) is 35.2 Å². The Balaban J connectivity index is 3.29. The van der Waals surface area contributed by atoms with Crippen LogP contribution in [0.25, 0.3) is 0 Å². The highest BCUT2D eigenvalue weighted by Crippen LogP contribution is 2.35. The largest absolute Gasteiger partial charge is 0.496 e. The van der Waals surface area contributed by atoms with Gasteiger partial charge in [-0.05, 0) is 36.8 Å². The monoisotopic (exact) mass is 235 g/mol. The Morgan fingerprint density at radius 3 is 2.29 bits per heavy atom. The molecule has 1 aromatic rings. The summed E-state index contributed by atoms with van der Waals surface area (Å²) >= 11 is 0. The van der Waals surface area contributed by atoms with E-state index in [4.69, 9.17) is 10.5 Å². The maximum Gasteiger partial charge on any atom is 0.125 e. The van der Waals surface area contributed by atoms with Gasteiger partial charge in [-0.3, -0.25) is 0 Å². The highest BCUT2D eigenvalue weighted by atomic mass is 16.5. The second-order valence-corrected chi connectivity index (χ2v) is 5.92. The summed E-state index contributed by atoms with van der Waals surface area (Å²) in [5.74, 6) is 1.01. The number of benzene rings is 1. The van der Waals surface area contributed by atoms with E-state index in [1.165, 1.54) is 16.7 Å². The minimum Gasteiger partial charge on any atom is -0.496 e. The fourth-order valence-corrected chi connectivity index (χ4v) is 2.17. The maximum atomic E-state index is 5.87. The summed E-state index contributed by atoms with van der Waals surface area (Å²) in [6, 6.07) is 4.60. The molecule has 1 rings (SSSR count). The smallest absolute Gasteiger partial charge is 0.125 e. The number of hydrogen-bond donors (Lipinski definition) is 1. The van der Waals surface area contributed by atoms with E-state index in [1.807, 2.05) is 6.92 Å². The Morgan fingerprint density at radius 1 is 1.29 bits per heavy atom. The second-order valence-electron chi connectivity index (χ2n) is 5.92. The van der Waals surface area contributed by atoms with Crippen LogP contribution in [0, 0.1) is 6.92 Å². The van der Waals surface area contributed by atoms with Crippen molar-refractivity contribution < 1.29 is 4.74 Å². The first-order valence-corrected chi connectivity index (χ1v) is 6.19. The summed E-state index contributed by atoms with van der Waals surface area (Å²) in [4.78, 5) is 0. The van der Waals surface area contributed by atoms with E-state index < -0.39 is 0 Å². The van der Waals surface area contributed by atoms with Crippen molar-refractivity contribution in [3.05, 3.63) is 28.8 Å². The molecule has 1 atom stereocenters. The van der Waals surface area contributed by atoms with Crippen molar-refractivity contribution in [2.45, 2.75) is 52.5 Å². The van der Waals surface area contributed by atoms with Gasteiger partial charge in [0.25, 0.3) is 0 Å². The van der Waals surface area contributed by atoms with Gasteiger partial charge in [0.1, 0.15) is 5.75 Å². The summed E-state index contributed by atoms with van der Waals surface area (Å²) in [5, 5.41) is 0. The summed E-state index contributed by atoms with van der Waals surface area (Å²) in [5.41, 5.74) is 9.71. The molecular weight excluding hydrogens is 210 g/mol. The Labute approximate surface area is 105 Å². The highest BCUT2D eigenvalue weighted by molar-refractivity contribution is 5.47. The molecule has 0 spiro atoms. The molecule has 1 aromatic carbocycles. The SMILES string of the molecule is COc1c(C)cc(CC(C)N)cc1C(C)(C)C. The fourth-order valence-electron chi connectivity index (χ4n) is 2.17. The van der Waals surface area contributed by atoms with E-state index >= 15 is 0 Å². The molecule has 0 aliphatic carbocycles. The molecule has 0 amide bonds. The predicted octanol–water partition coefficient (Wildman–Crippen LogP) is 3.19. The zero-order chi connectivity index (χ0) is 13.2. The van der Waals surface area contributed by atoms with Crippen LogP contribution in [0.4, 0.5) is 0 Å². The van der Waals surface area contributed by atoms with Crippen molar-refractivity contribution in [3.63, 3.8) is 0 Å². The third-order valence-electron chi connectivity index (χ3n) is 2.90. The van der Waals surface area contributed by atoms with Crippen LogP contribution in [-0.4, -0.2) is 13.2 Å². The third kappa shape index (κ3) is 3.47. The predicted molar refractivity (Wildman–Crippen MR) is 73.8 cm³/mol. The third-order valence-corrected chi connectivity index (χ3v) is 2.90. The molecular formula is C15H25NO. The van der Waals surface area contributed by atoms with Crippen molar-refractivity contribution in [2.24, 2.45) is 5.73 Å². The van der Waals surface area contributed by atoms with Gasteiger partial charge in [-0.2, -0.15) is 0 Å². The van der Waals surface area contributed by atoms with E-state index in [0.717, 1.165) is 12.2 Å². The summed E-state index contributed by atoms with van der Waals surface area (Å²) in [6.07, 6.45) is 0.911. The number of hydrogen-bond acceptors (Lipinski definition) is 2. The first-order chi connectivity index (χ1) is 7.75. The van der Waals surface area contributed by atoms with Crippen LogP contribution in [-0.2, 0) is 11.8 Å². The summed E-state index contributed by atoms with van der Waals surface area (Å²) in [7, 11) is 1.74. The van der Waals surface area contributed by atoms with Gasteiger partial charge >= 0.3 is 0 Å². The van der Waals surface area contributed by atoms with Crippen molar-refractivity contribution in [2.75, 3.05) is 7.11 Å². The normalized spacial score (nSPS) is 13.6. The minimum atomic E-state index is 0.0873. The molecule has 2 N–H and O–H groups in total. The van der Waals surface area contributed by atoms with Gasteiger partial charge in [0.05, 0.1) is 7.11 Å². The highest BCUT2D eigenvalue weighted by Gasteiger charge is 2.21. The van der Waals surface area contributed by atoms with E-state index in [9.17, 15) is 0 Å². The first kappa shape index (κ1) is 14.0. The Morgan fingerprint density at radius 2 is 1.88 bits per heavy atom. The number of aryl methyl sites for hydroxylation is 1. The molecule has 96 valence electrons. The fraction of sp³-hybridized carbons (Fsp3) is 0.600. The number of ether oxygens (including phenoxy) is 1. The van der Waals surface area contributed by atoms with Crippen LogP contribution < -0.4 is 10.5 Å². The Bertz CT molecular complexity index is 389. The average molecular weight is 235 g/mol. The van der Waals surface area contributed by atoms with Gasteiger partial charge in [-0.15, -0.1) is 0 Å². The van der Waals surface area contributed by atoms with Gasteiger partial charge in [0, 0.05) is 11.6 Å². The standard InChI is InChI=1S/C15H25NO/c1-10-7-12(8-11(2)16)9-13(14(10)17-6)15(3,4)5/h7,9,11H,8,16H2,1-6H3. The lowest BCUT2D eigenvalue weighted by Crippen LogP contribution is -2.19. The second kappa shape index (κ2) is 5.09. The lowest BCUT2D eigenvalue weighted by atomic mass is 9.83. The zero-order valence-corrected chi connectivity index (χ0v) is 11.9. The van der Waals surface area contributed by atoms with Crippen molar-refractivity contribution in [1.82, 2.24) is 0 Å². The molecule has 0 fully saturated rings. The van der Waals surface area contributed by atoms with Gasteiger partial charge < -0.3 is 10.5 Å². The molecule has 17 heavy (non-hydrogen) atoms. The van der Waals surface area contributed by atoms with Gasteiger partial charge in [0.2, 0.25) is 0 Å². The lowest BCUT2D eigenvalue weighted by molar-refractivity contribution is 0.394. The lowest BCUT2D eigenvalue weighted by Gasteiger charge is -2.25. The van der Waals surface area contributed by atoms with Crippen molar-refractivity contribution >= 4 is 0 Å². The van der Waals surface area contributed by atoms with Gasteiger partial charge in [0.15, 0.2) is 0 Å². The molecule has 0 saturated heterocycles. The number of methoxy groups -OCH3 is 1. The first-order valence-electron chi connectivity index (χ1n) is 6.19. The molecule has 0 aromatic heterocycles. The number of nitrogens with two attached hydrogens (primary N) is 1. The molecule has 2 heteroatoms. The van der Waals surface area contributed by atoms with E-state index in [2.05, 4.69) is 39.8 Å².